The Hall–Kier alpha value is -2.97. The number of hydrogen-bond acceptors (Lipinski definition) is 1. The van der Waals surface area contributed by atoms with Crippen molar-refractivity contribution in [3.05, 3.63) is 96.1 Å². The number of hydrogen-bond donors (Lipinski definition) is 0. The molecule has 3 aromatic carbocycles. The van der Waals surface area contributed by atoms with Gasteiger partial charge < -0.3 is 4.74 Å². The molecule has 150 valence electrons. The van der Waals surface area contributed by atoms with Crippen molar-refractivity contribution >= 4 is 11.3 Å². The first kappa shape index (κ1) is 20.3. The molecule has 0 atom stereocenters. The zero-order chi connectivity index (χ0) is 20.9. The second kappa shape index (κ2) is 9.23. The van der Waals surface area contributed by atoms with Gasteiger partial charge in [0.15, 0.2) is 0 Å². The number of methoxy groups -OCH3 is 1. The van der Waals surface area contributed by atoms with Gasteiger partial charge in [0.05, 0.1) is 7.11 Å². The molecule has 2 heteroatoms. The molecule has 1 nitrogen and oxygen atoms in total. The monoisotopic (exact) mass is 411 g/mol. The molecule has 0 saturated heterocycles. The molecular formula is C28H27OS+. The Kier molecular flexibility index (Phi) is 6.25. The van der Waals surface area contributed by atoms with Crippen molar-refractivity contribution in [2.24, 2.45) is 0 Å². The van der Waals surface area contributed by atoms with Crippen LogP contribution in [0.15, 0.2) is 84.9 Å². The Morgan fingerprint density at radius 1 is 0.567 bits per heavy atom. The van der Waals surface area contributed by atoms with Gasteiger partial charge in [-0.3, -0.25) is 0 Å². The third kappa shape index (κ3) is 4.44. The first-order chi connectivity index (χ1) is 14.7. The first-order valence-electron chi connectivity index (χ1n) is 10.5. The summed E-state index contributed by atoms with van der Waals surface area (Å²) >= 11 is 1.85. The van der Waals surface area contributed by atoms with Crippen LogP contribution < -0.4 is 4.74 Å². The summed E-state index contributed by atoms with van der Waals surface area (Å²) in [7, 11) is 1.70. The minimum atomic E-state index is 0.878. The molecule has 4 aromatic rings. The van der Waals surface area contributed by atoms with E-state index in [1.54, 1.807) is 7.11 Å². The first-order valence-corrected chi connectivity index (χ1v) is 11.3. The van der Waals surface area contributed by atoms with Gasteiger partial charge >= 0.3 is 0 Å². The van der Waals surface area contributed by atoms with E-state index < -0.39 is 0 Å². The van der Waals surface area contributed by atoms with Gasteiger partial charge in [0.2, 0.25) is 21.1 Å². The summed E-state index contributed by atoms with van der Waals surface area (Å²) in [6, 6.07) is 30.8. The van der Waals surface area contributed by atoms with Crippen LogP contribution in [0.25, 0.3) is 32.0 Å². The molecule has 0 aliphatic carbocycles. The fourth-order valence-electron chi connectivity index (χ4n) is 3.55. The summed E-state index contributed by atoms with van der Waals surface area (Å²) in [4.78, 5) is 2.56. The highest BCUT2D eigenvalue weighted by molar-refractivity contribution is 7.18. The molecule has 0 fully saturated rings. The van der Waals surface area contributed by atoms with Gasteiger partial charge in [-0.05, 0) is 71.5 Å². The van der Waals surface area contributed by atoms with Crippen LogP contribution >= 0.6 is 11.3 Å². The van der Waals surface area contributed by atoms with Gasteiger partial charge in [0, 0.05) is 23.3 Å². The van der Waals surface area contributed by atoms with E-state index in [9.17, 15) is 0 Å². The number of aryl methyl sites for hydroxylation is 2. The van der Waals surface area contributed by atoms with Gasteiger partial charge in [-0.2, -0.15) is 0 Å². The highest BCUT2D eigenvalue weighted by Gasteiger charge is 2.19. The summed E-state index contributed by atoms with van der Waals surface area (Å²) in [5, 5.41) is 0. The minimum Gasteiger partial charge on any atom is -0.497 e. The molecule has 30 heavy (non-hydrogen) atoms. The van der Waals surface area contributed by atoms with Crippen molar-refractivity contribution < 1.29 is 4.74 Å². The van der Waals surface area contributed by atoms with Crippen LogP contribution in [0.4, 0.5) is 0 Å². The Balaban J connectivity index is 1.83. The van der Waals surface area contributed by atoms with E-state index in [0.29, 0.717) is 0 Å². The summed E-state index contributed by atoms with van der Waals surface area (Å²) in [5.41, 5.74) is 7.68. The zero-order valence-electron chi connectivity index (χ0n) is 17.8. The molecule has 1 aromatic heterocycles. The van der Waals surface area contributed by atoms with Crippen molar-refractivity contribution in [3.8, 4) is 37.8 Å². The number of ether oxygens (including phenoxy) is 1. The molecule has 0 spiro atoms. The number of benzene rings is 3. The van der Waals surface area contributed by atoms with Crippen molar-refractivity contribution in [1.29, 1.82) is 0 Å². The smallest absolute Gasteiger partial charge is 0.239 e. The minimum absolute atomic E-state index is 0.878. The summed E-state index contributed by atoms with van der Waals surface area (Å²) in [5.74, 6) is 0.878. The Morgan fingerprint density at radius 3 is 1.40 bits per heavy atom. The third-order valence-electron chi connectivity index (χ3n) is 5.51. The molecular weight excluding hydrogens is 384 g/mol. The second-order valence-electron chi connectivity index (χ2n) is 7.40. The van der Waals surface area contributed by atoms with Crippen molar-refractivity contribution in [3.63, 3.8) is 0 Å². The summed E-state index contributed by atoms with van der Waals surface area (Å²) in [6.07, 6.45) is 2.12. The molecule has 4 rings (SSSR count). The molecule has 0 aliphatic heterocycles. The lowest BCUT2D eigenvalue weighted by molar-refractivity contribution is 0.415. The van der Waals surface area contributed by atoms with E-state index in [-0.39, 0.29) is 0 Å². The van der Waals surface area contributed by atoms with E-state index in [0.717, 1.165) is 18.6 Å². The van der Waals surface area contributed by atoms with Gasteiger partial charge in [0.1, 0.15) is 5.75 Å². The largest absolute Gasteiger partial charge is 0.497 e. The maximum absolute atomic E-state index is 5.34. The van der Waals surface area contributed by atoms with Gasteiger partial charge in [-0.15, -0.1) is 0 Å². The lowest BCUT2D eigenvalue weighted by atomic mass is 10.0. The predicted octanol–water partition coefficient (Wildman–Crippen LogP) is 8.16. The van der Waals surface area contributed by atoms with Crippen molar-refractivity contribution in [2.45, 2.75) is 26.7 Å². The van der Waals surface area contributed by atoms with Gasteiger partial charge in [-0.1, -0.05) is 50.2 Å². The van der Waals surface area contributed by atoms with E-state index in [4.69, 9.17) is 4.74 Å². The van der Waals surface area contributed by atoms with Gasteiger partial charge in [-0.25, -0.2) is 0 Å². The average molecular weight is 412 g/mol. The highest BCUT2D eigenvalue weighted by Crippen LogP contribution is 2.38. The normalized spacial score (nSPS) is 10.8. The van der Waals surface area contributed by atoms with Crippen LogP contribution in [0.1, 0.15) is 25.0 Å². The van der Waals surface area contributed by atoms with Crippen molar-refractivity contribution in [2.75, 3.05) is 7.11 Å². The van der Waals surface area contributed by atoms with Crippen LogP contribution in [0.2, 0.25) is 0 Å². The zero-order valence-corrected chi connectivity index (χ0v) is 18.6. The van der Waals surface area contributed by atoms with Crippen LogP contribution in [0, 0.1) is 0 Å². The lowest BCUT2D eigenvalue weighted by Gasteiger charge is -2.05. The predicted molar refractivity (Wildman–Crippen MR) is 130 cm³/mol. The second-order valence-corrected chi connectivity index (χ2v) is 8.49. The third-order valence-corrected chi connectivity index (χ3v) is 6.66. The quantitative estimate of drug-likeness (QED) is 0.291. The van der Waals surface area contributed by atoms with Crippen LogP contribution in [-0.2, 0) is 12.8 Å². The van der Waals surface area contributed by atoms with E-state index >= 15 is 0 Å². The highest BCUT2D eigenvalue weighted by atomic mass is 32.1. The van der Waals surface area contributed by atoms with Crippen LogP contribution in [0.3, 0.4) is 0 Å². The molecule has 0 amide bonds. The maximum Gasteiger partial charge on any atom is 0.239 e. The van der Waals surface area contributed by atoms with E-state index in [1.165, 1.54) is 43.1 Å². The standard InChI is InChI=1S/C28H27OS/c1-4-20-6-10-23(11-7-20)27-18-25(22-14-16-26(29-3)17-15-22)19-28(30-27)24-12-8-21(5-2)9-13-24/h6-19H,4-5H2,1-3H3/q+1. The molecule has 0 saturated carbocycles. The fourth-order valence-corrected chi connectivity index (χ4v) is 4.66. The summed E-state index contributed by atoms with van der Waals surface area (Å²) in [6.45, 7) is 4.39. The van der Waals surface area contributed by atoms with E-state index in [2.05, 4.69) is 86.6 Å². The molecule has 1 heterocycles. The fraction of sp³-hybridized carbons (Fsp3) is 0.179. The SMILES string of the molecule is CCc1ccc(-c2cc(-c3ccc(OC)cc3)cc(-c3ccc(CC)cc3)[s+]2)cc1. The maximum atomic E-state index is 5.34. The lowest BCUT2D eigenvalue weighted by Crippen LogP contribution is -1.86. The molecule has 0 unspecified atom stereocenters. The molecule has 0 bridgehead atoms. The molecule has 0 radical (unpaired) electrons. The molecule has 0 aliphatic rings. The number of rotatable bonds is 6. The topological polar surface area (TPSA) is 9.23 Å². The Bertz CT molecular complexity index is 952. The van der Waals surface area contributed by atoms with E-state index in [1.807, 2.05) is 23.5 Å². The van der Waals surface area contributed by atoms with Crippen molar-refractivity contribution in [1.82, 2.24) is 0 Å². The summed E-state index contributed by atoms with van der Waals surface area (Å²) < 4.78 is 5.34. The molecule has 0 N–H and O–H groups in total. The van der Waals surface area contributed by atoms with Crippen LogP contribution in [-0.4, -0.2) is 7.11 Å². The Morgan fingerprint density at radius 2 is 1.00 bits per heavy atom. The average Bonchev–Trinajstić information content (AvgIpc) is 2.84. The van der Waals surface area contributed by atoms with Crippen LogP contribution in [0.5, 0.6) is 5.75 Å². The Labute approximate surface area is 183 Å². The van der Waals surface area contributed by atoms with Gasteiger partial charge in [0.25, 0.3) is 0 Å².